The summed E-state index contributed by atoms with van der Waals surface area (Å²) in [6, 6.07) is 8.70. The van der Waals surface area contributed by atoms with E-state index in [1.807, 2.05) is 38.2 Å². The van der Waals surface area contributed by atoms with Crippen molar-refractivity contribution >= 4 is 46.5 Å². The van der Waals surface area contributed by atoms with Gasteiger partial charge in [0, 0.05) is 73.2 Å². The molecule has 0 saturated heterocycles. The van der Waals surface area contributed by atoms with Crippen LogP contribution in [0.3, 0.4) is 0 Å². The van der Waals surface area contributed by atoms with Crippen molar-refractivity contribution in [2.24, 2.45) is 0 Å². The number of pyridine rings is 1. The zero-order chi connectivity index (χ0) is 36.2. The monoisotopic (exact) mass is 721 g/mol. The van der Waals surface area contributed by atoms with Crippen LogP contribution in [0.25, 0.3) is 0 Å². The summed E-state index contributed by atoms with van der Waals surface area (Å²) in [5.41, 5.74) is 9.12. The lowest BCUT2D eigenvalue weighted by molar-refractivity contribution is -0.134. The number of carboxylic acid groups (broad SMARTS) is 1. The quantitative estimate of drug-likeness (QED) is 0.141. The van der Waals surface area contributed by atoms with Gasteiger partial charge in [-0.1, -0.05) is 0 Å². The highest BCUT2D eigenvalue weighted by Crippen LogP contribution is 2.33. The average molecular weight is 722 g/mol. The lowest BCUT2D eigenvalue weighted by Crippen LogP contribution is -2.07. The number of halogens is 1. The number of rotatable bonds is 6. The molecule has 0 radical (unpaired) electrons. The van der Waals surface area contributed by atoms with E-state index >= 15 is 0 Å². The van der Waals surface area contributed by atoms with Crippen molar-refractivity contribution in [1.29, 1.82) is 0 Å². The minimum Gasteiger partial charge on any atom is -0.490 e. The number of aryl methyl sites for hydroxylation is 2. The minimum absolute atomic E-state index is 0.309. The molecule has 8 rings (SSSR count). The van der Waals surface area contributed by atoms with Gasteiger partial charge in [-0.25, -0.2) is 19.9 Å². The van der Waals surface area contributed by atoms with Crippen molar-refractivity contribution in [1.82, 2.24) is 24.9 Å². The summed E-state index contributed by atoms with van der Waals surface area (Å²) >= 11 is 5.66. The van der Waals surface area contributed by atoms with Crippen LogP contribution >= 0.6 is 11.6 Å². The van der Waals surface area contributed by atoms with Gasteiger partial charge in [0.15, 0.2) is 17.2 Å². The van der Waals surface area contributed by atoms with Crippen molar-refractivity contribution in [3.63, 3.8) is 0 Å². The number of aromatic nitrogens is 5. The van der Waals surface area contributed by atoms with E-state index in [0.29, 0.717) is 67.1 Å². The molecule has 2 saturated carbocycles. The number of nitrogen functional groups attached to an aromatic ring is 1. The zero-order valence-corrected chi connectivity index (χ0v) is 29.7. The minimum atomic E-state index is -0.833. The van der Waals surface area contributed by atoms with Gasteiger partial charge in [-0.2, -0.15) is 4.98 Å². The van der Waals surface area contributed by atoms with Crippen LogP contribution in [-0.4, -0.2) is 74.5 Å². The Hall–Kier alpha value is -5.31. The van der Waals surface area contributed by atoms with Crippen LogP contribution in [-0.2, 0) is 4.79 Å². The van der Waals surface area contributed by atoms with E-state index in [9.17, 15) is 0 Å². The maximum Gasteiger partial charge on any atom is 0.300 e. The molecule has 0 amide bonds. The van der Waals surface area contributed by atoms with Crippen molar-refractivity contribution < 1.29 is 28.8 Å². The fourth-order valence-corrected chi connectivity index (χ4v) is 4.63. The molecule has 0 unspecified atom stereocenters. The largest absolute Gasteiger partial charge is 0.490 e. The van der Waals surface area contributed by atoms with Crippen LogP contribution < -0.4 is 40.6 Å². The molecule has 4 aromatic rings. The van der Waals surface area contributed by atoms with Gasteiger partial charge in [-0.05, 0) is 63.3 Å². The van der Waals surface area contributed by atoms with Gasteiger partial charge in [0.05, 0.1) is 38.3 Å². The van der Waals surface area contributed by atoms with E-state index < -0.39 is 5.97 Å². The molecular formula is C35H44ClN9O6. The van der Waals surface area contributed by atoms with Gasteiger partial charge in [0.1, 0.15) is 11.6 Å². The number of aliphatic carboxylic acids is 1. The zero-order valence-electron chi connectivity index (χ0n) is 28.9. The Kier molecular flexibility index (Phi) is 13.1. The lowest BCUT2D eigenvalue weighted by atomic mass is 10.2. The van der Waals surface area contributed by atoms with Crippen LogP contribution in [0.4, 0.5) is 29.0 Å². The van der Waals surface area contributed by atoms with Gasteiger partial charge >= 0.3 is 0 Å². The molecule has 16 heteroatoms. The molecule has 51 heavy (non-hydrogen) atoms. The Bertz CT molecular complexity index is 1770. The average Bonchev–Trinajstić information content (AvgIpc) is 4.00. The summed E-state index contributed by atoms with van der Waals surface area (Å²) in [4.78, 5) is 29.9. The SMILES string of the molecule is CC(=O)O.Cc1cnc(Cl)nc1NC1CC1.Cc1cnc(Nc2ccc3c(c2)OCCCO3)nc1NC1CC1.Nc1cnc2c(c1)OCCCO2. The predicted molar refractivity (Wildman–Crippen MR) is 195 cm³/mol. The summed E-state index contributed by atoms with van der Waals surface area (Å²) in [5, 5.41) is 17.7. The fourth-order valence-electron chi connectivity index (χ4n) is 4.50. The molecule has 3 aromatic heterocycles. The van der Waals surface area contributed by atoms with Crippen LogP contribution in [0.1, 0.15) is 56.6 Å². The lowest BCUT2D eigenvalue weighted by Gasteiger charge is -2.12. The highest BCUT2D eigenvalue weighted by molar-refractivity contribution is 6.28. The van der Waals surface area contributed by atoms with Crippen molar-refractivity contribution in [2.45, 2.75) is 71.4 Å². The third-order valence-corrected chi connectivity index (χ3v) is 7.56. The highest BCUT2D eigenvalue weighted by atomic mass is 35.5. The van der Waals surface area contributed by atoms with Crippen LogP contribution in [0.2, 0.25) is 5.28 Å². The number of anilines is 5. The molecule has 1 aromatic carbocycles. The molecule has 2 aliphatic heterocycles. The maximum absolute atomic E-state index is 9.00. The van der Waals surface area contributed by atoms with E-state index in [1.54, 1.807) is 18.5 Å². The summed E-state index contributed by atoms with van der Waals surface area (Å²) < 4.78 is 22.0. The number of hydrogen-bond donors (Lipinski definition) is 5. The smallest absolute Gasteiger partial charge is 0.300 e. The third kappa shape index (κ3) is 12.5. The molecule has 6 N–H and O–H groups in total. The van der Waals surface area contributed by atoms with Gasteiger partial charge in [0.25, 0.3) is 11.8 Å². The first kappa shape index (κ1) is 37.0. The standard InChI is InChI=1S/C17H20N4O2.C8H10ClN3.C8H10N2O2.C2H4O2/c1-11-10-18-17(21-16(11)19-12-3-4-12)20-13-5-6-14-15(9-13)23-8-2-7-22-14;1-5-4-10-8(9)12-7(5)11-6-2-3-6;9-6-4-7-8(10-5-6)12-3-1-2-11-7;1-2(3)4/h5-6,9-10,12H,2-4,7-8H2,1H3,(H2,18,19,20,21);4,6H,2-3H2,1H3,(H,10,11,12);4-5H,1-3,9H2;1H3,(H,3,4). The fraction of sp³-hybridized carbons (Fsp3) is 0.429. The molecule has 5 heterocycles. The number of benzene rings is 1. The first-order chi connectivity index (χ1) is 24.6. The second-order valence-corrected chi connectivity index (χ2v) is 12.5. The normalized spacial score (nSPS) is 15.4. The Labute approximate surface area is 301 Å². The van der Waals surface area contributed by atoms with Crippen molar-refractivity contribution in [3.8, 4) is 23.1 Å². The van der Waals surface area contributed by atoms with E-state index in [1.165, 1.54) is 25.7 Å². The summed E-state index contributed by atoms with van der Waals surface area (Å²) in [7, 11) is 0. The van der Waals surface area contributed by atoms with E-state index in [-0.39, 0.29) is 0 Å². The first-order valence-corrected chi connectivity index (χ1v) is 17.2. The highest BCUT2D eigenvalue weighted by Gasteiger charge is 2.23. The van der Waals surface area contributed by atoms with Gasteiger partial charge < -0.3 is 45.7 Å². The molecule has 2 aliphatic carbocycles. The Morgan fingerprint density at radius 3 is 2.00 bits per heavy atom. The van der Waals surface area contributed by atoms with Crippen LogP contribution in [0.5, 0.6) is 23.1 Å². The van der Waals surface area contributed by atoms with Gasteiger partial charge in [-0.15, -0.1) is 0 Å². The van der Waals surface area contributed by atoms with Crippen LogP contribution in [0.15, 0.2) is 42.9 Å². The maximum atomic E-state index is 9.00. The third-order valence-electron chi connectivity index (χ3n) is 7.38. The van der Waals surface area contributed by atoms with Crippen molar-refractivity contribution in [3.05, 3.63) is 59.3 Å². The predicted octanol–water partition coefficient (Wildman–Crippen LogP) is 6.19. The second-order valence-electron chi connectivity index (χ2n) is 12.2. The topological polar surface area (TPSA) is 201 Å². The summed E-state index contributed by atoms with van der Waals surface area (Å²) in [6.45, 7) is 7.76. The van der Waals surface area contributed by atoms with Crippen molar-refractivity contribution in [2.75, 3.05) is 48.1 Å². The van der Waals surface area contributed by atoms with E-state index in [4.69, 9.17) is 46.2 Å². The summed E-state index contributed by atoms with van der Waals surface area (Å²) in [5.74, 6) is 4.25. The number of ether oxygens (including phenoxy) is 4. The number of nitrogens with zero attached hydrogens (tertiary/aromatic N) is 5. The number of carbonyl (C=O) groups is 1. The van der Waals surface area contributed by atoms with E-state index in [2.05, 4.69) is 40.9 Å². The molecule has 4 aliphatic rings. The molecule has 0 spiro atoms. The number of fused-ring (bicyclic) bond motifs is 2. The molecule has 0 atom stereocenters. The number of hydrogen-bond acceptors (Lipinski definition) is 14. The number of nitrogens with one attached hydrogen (secondary N) is 3. The van der Waals surface area contributed by atoms with Gasteiger partial charge in [-0.3, -0.25) is 4.79 Å². The second kappa shape index (κ2) is 18.1. The first-order valence-electron chi connectivity index (χ1n) is 16.9. The number of nitrogens with two attached hydrogens (primary N) is 1. The molecule has 0 bridgehead atoms. The molecule has 272 valence electrons. The number of carboxylic acids is 1. The summed E-state index contributed by atoms with van der Waals surface area (Å²) in [6.07, 6.45) is 11.8. The molecule has 15 nitrogen and oxygen atoms in total. The Morgan fingerprint density at radius 1 is 0.784 bits per heavy atom. The molecule has 2 fully saturated rings. The Morgan fingerprint density at radius 2 is 1.35 bits per heavy atom. The Balaban J connectivity index is 0.000000152. The van der Waals surface area contributed by atoms with E-state index in [0.717, 1.165) is 59.7 Å². The van der Waals surface area contributed by atoms with Gasteiger partial charge in [0.2, 0.25) is 11.2 Å². The van der Waals surface area contributed by atoms with Crippen LogP contribution in [0, 0.1) is 13.8 Å². The molecular weight excluding hydrogens is 678 g/mol.